The molecule has 2 aromatic rings. The molecule has 144 valence electrons. The molecule has 0 saturated carbocycles. The lowest BCUT2D eigenvalue weighted by atomic mass is 10.2. The van der Waals surface area contributed by atoms with Crippen molar-refractivity contribution in [3.05, 3.63) is 48.0 Å². The summed E-state index contributed by atoms with van der Waals surface area (Å²) in [5, 5.41) is 7.47. The first-order valence-electron chi connectivity index (χ1n) is 7.57. The lowest BCUT2D eigenvalue weighted by Crippen LogP contribution is -2.21. The number of benzene rings is 2. The van der Waals surface area contributed by atoms with Gasteiger partial charge in [0.2, 0.25) is 10.0 Å². The van der Waals surface area contributed by atoms with E-state index in [2.05, 4.69) is 5.32 Å². The Morgan fingerprint density at radius 1 is 1.00 bits per heavy atom. The molecule has 0 unspecified atom stereocenters. The van der Waals surface area contributed by atoms with Crippen molar-refractivity contribution < 1.29 is 32.2 Å². The lowest BCUT2D eigenvalue weighted by molar-refractivity contribution is -0.119. The molecule has 0 atom stereocenters. The minimum Gasteiger partial charge on any atom is -0.496 e. The van der Waals surface area contributed by atoms with E-state index in [1.807, 2.05) is 0 Å². The van der Waals surface area contributed by atoms with Crippen molar-refractivity contribution in [1.82, 2.24) is 0 Å². The molecule has 2 rings (SSSR count). The monoisotopic (exact) mass is 394 g/mol. The number of carbonyl (C=O) groups is 2. The first-order valence-corrected chi connectivity index (χ1v) is 9.11. The van der Waals surface area contributed by atoms with Crippen LogP contribution in [0.1, 0.15) is 10.4 Å². The van der Waals surface area contributed by atoms with Crippen LogP contribution in [0.5, 0.6) is 11.5 Å². The summed E-state index contributed by atoms with van der Waals surface area (Å²) < 4.78 is 37.6. The fourth-order valence-electron chi connectivity index (χ4n) is 2.18. The molecule has 0 aromatic heterocycles. The van der Waals surface area contributed by atoms with Gasteiger partial charge in [-0.25, -0.2) is 18.4 Å². The highest BCUT2D eigenvalue weighted by Gasteiger charge is 2.20. The molecule has 0 aliphatic heterocycles. The number of carbonyl (C=O) groups excluding carboxylic acids is 2. The molecular formula is C17H18N2O7S. The second-order valence-electron chi connectivity index (χ2n) is 5.23. The van der Waals surface area contributed by atoms with E-state index in [0.717, 1.165) is 0 Å². The SMILES string of the molecule is COc1cccc(OC)c1C(=O)OCC(=O)Nc1ccc(S(N)(=O)=O)cc1. The number of primary sulfonamides is 1. The Hall–Kier alpha value is -3.11. The third kappa shape index (κ3) is 5.19. The predicted octanol–water partition coefficient (Wildman–Crippen LogP) is 1.15. The summed E-state index contributed by atoms with van der Waals surface area (Å²) >= 11 is 0. The third-order valence-corrected chi connectivity index (χ3v) is 4.36. The molecule has 0 bridgehead atoms. The molecule has 0 fully saturated rings. The molecule has 9 nitrogen and oxygen atoms in total. The van der Waals surface area contributed by atoms with Crippen molar-refractivity contribution in [3.8, 4) is 11.5 Å². The van der Waals surface area contributed by atoms with Crippen LogP contribution < -0.4 is 19.9 Å². The summed E-state index contributed by atoms with van der Waals surface area (Å²) in [6, 6.07) is 9.99. The largest absolute Gasteiger partial charge is 0.496 e. The zero-order valence-corrected chi connectivity index (χ0v) is 15.4. The van der Waals surface area contributed by atoms with Gasteiger partial charge in [0.05, 0.1) is 19.1 Å². The average Bonchev–Trinajstić information content (AvgIpc) is 2.65. The minimum absolute atomic E-state index is 0.0628. The Morgan fingerprint density at radius 3 is 2.04 bits per heavy atom. The lowest BCUT2D eigenvalue weighted by Gasteiger charge is -2.12. The van der Waals surface area contributed by atoms with Crippen LogP contribution in [0.2, 0.25) is 0 Å². The van der Waals surface area contributed by atoms with Crippen LogP contribution in [0.3, 0.4) is 0 Å². The molecule has 2 aromatic carbocycles. The first kappa shape index (κ1) is 20.2. The summed E-state index contributed by atoms with van der Waals surface area (Å²) in [5.74, 6) is -0.902. The number of esters is 1. The number of rotatable bonds is 7. The Bertz CT molecular complexity index is 918. The smallest absolute Gasteiger partial charge is 0.346 e. The van der Waals surface area contributed by atoms with Gasteiger partial charge in [-0.1, -0.05) is 6.07 Å². The van der Waals surface area contributed by atoms with Gasteiger partial charge >= 0.3 is 5.97 Å². The van der Waals surface area contributed by atoms with Gasteiger partial charge in [0.25, 0.3) is 5.91 Å². The summed E-state index contributed by atoms with van der Waals surface area (Å²) in [6.07, 6.45) is 0. The zero-order valence-electron chi connectivity index (χ0n) is 14.6. The fourth-order valence-corrected chi connectivity index (χ4v) is 2.70. The third-order valence-electron chi connectivity index (χ3n) is 3.43. The molecule has 1 amide bonds. The zero-order chi connectivity index (χ0) is 20.0. The number of hydrogen-bond acceptors (Lipinski definition) is 7. The van der Waals surface area contributed by atoms with Crippen molar-refractivity contribution in [2.24, 2.45) is 5.14 Å². The van der Waals surface area contributed by atoms with Gasteiger partial charge in [0, 0.05) is 5.69 Å². The maximum absolute atomic E-state index is 12.3. The topological polar surface area (TPSA) is 134 Å². The van der Waals surface area contributed by atoms with E-state index >= 15 is 0 Å². The van der Waals surface area contributed by atoms with Crippen LogP contribution in [0, 0.1) is 0 Å². The van der Waals surface area contributed by atoms with Crippen molar-refractivity contribution in [2.75, 3.05) is 26.1 Å². The second-order valence-corrected chi connectivity index (χ2v) is 6.79. The van der Waals surface area contributed by atoms with Crippen molar-refractivity contribution in [1.29, 1.82) is 0 Å². The second kappa shape index (κ2) is 8.52. The molecule has 27 heavy (non-hydrogen) atoms. The van der Waals surface area contributed by atoms with Crippen molar-refractivity contribution >= 4 is 27.6 Å². The summed E-state index contributed by atoms with van der Waals surface area (Å²) in [5.41, 5.74) is 0.381. The highest BCUT2D eigenvalue weighted by Crippen LogP contribution is 2.28. The highest BCUT2D eigenvalue weighted by atomic mass is 32.2. The standard InChI is InChI=1S/C17H18N2O7S/c1-24-13-4-3-5-14(25-2)16(13)17(21)26-10-15(20)19-11-6-8-12(9-7-11)27(18,22)23/h3-9H,10H2,1-2H3,(H,19,20)(H2,18,22,23). The Kier molecular flexibility index (Phi) is 6.37. The summed E-state index contributed by atoms with van der Waals surface area (Å²) in [6.45, 7) is -0.559. The Morgan fingerprint density at radius 2 is 1.56 bits per heavy atom. The van der Waals surface area contributed by atoms with E-state index < -0.39 is 28.5 Å². The molecular weight excluding hydrogens is 376 g/mol. The molecule has 0 radical (unpaired) electrons. The van der Waals surface area contributed by atoms with Crippen LogP contribution in [0.25, 0.3) is 0 Å². The van der Waals surface area contributed by atoms with E-state index in [1.54, 1.807) is 18.2 Å². The fraction of sp³-hybridized carbons (Fsp3) is 0.176. The first-order chi connectivity index (χ1) is 12.8. The van der Waals surface area contributed by atoms with Gasteiger partial charge < -0.3 is 19.5 Å². The van der Waals surface area contributed by atoms with Crippen LogP contribution >= 0.6 is 0 Å². The van der Waals surface area contributed by atoms with E-state index in [1.165, 1.54) is 38.5 Å². The normalized spacial score (nSPS) is 10.8. The minimum atomic E-state index is -3.82. The van der Waals surface area contributed by atoms with E-state index in [0.29, 0.717) is 5.69 Å². The number of sulfonamides is 1. The summed E-state index contributed by atoms with van der Waals surface area (Å²) in [4.78, 5) is 24.1. The maximum Gasteiger partial charge on any atom is 0.346 e. The Balaban J connectivity index is 2.01. The van der Waals surface area contributed by atoms with Gasteiger partial charge in [-0.3, -0.25) is 4.79 Å². The molecule has 0 aliphatic rings. The van der Waals surface area contributed by atoms with Crippen molar-refractivity contribution in [3.63, 3.8) is 0 Å². The van der Waals surface area contributed by atoms with Crippen LogP contribution in [-0.4, -0.2) is 41.1 Å². The van der Waals surface area contributed by atoms with Gasteiger partial charge in [-0.05, 0) is 36.4 Å². The van der Waals surface area contributed by atoms with Crippen LogP contribution in [0.4, 0.5) is 5.69 Å². The van der Waals surface area contributed by atoms with E-state index in [-0.39, 0.29) is 22.0 Å². The van der Waals surface area contributed by atoms with Crippen molar-refractivity contribution in [2.45, 2.75) is 4.90 Å². The van der Waals surface area contributed by atoms with Gasteiger partial charge in [-0.15, -0.1) is 0 Å². The molecule has 0 aliphatic carbocycles. The number of nitrogens with two attached hydrogens (primary N) is 1. The number of anilines is 1. The number of amides is 1. The Labute approximate surface area is 156 Å². The maximum atomic E-state index is 12.3. The molecule has 0 spiro atoms. The highest BCUT2D eigenvalue weighted by molar-refractivity contribution is 7.89. The van der Waals surface area contributed by atoms with Gasteiger partial charge in [0.1, 0.15) is 17.1 Å². The van der Waals surface area contributed by atoms with Crippen LogP contribution in [-0.2, 0) is 19.6 Å². The van der Waals surface area contributed by atoms with Gasteiger partial charge in [-0.2, -0.15) is 0 Å². The average molecular weight is 394 g/mol. The summed E-state index contributed by atoms with van der Waals surface area (Å²) in [7, 11) is -1.03. The molecule has 10 heteroatoms. The molecule has 0 heterocycles. The number of methoxy groups -OCH3 is 2. The molecule has 3 N–H and O–H groups in total. The van der Waals surface area contributed by atoms with Crippen LogP contribution in [0.15, 0.2) is 47.4 Å². The van der Waals surface area contributed by atoms with Gasteiger partial charge in [0.15, 0.2) is 6.61 Å². The van der Waals surface area contributed by atoms with E-state index in [4.69, 9.17) is 19.3 Å². The number of hydrogen-bond donors (Lipinski definition) is 2. The number of nitrogens with one attached hydrogen (secondary N) is 1. The predicted molar refractivity (Wildman–Crippen MR) is 96.3 cm³/mol. The number of ether oxygens (including phenoxy) is 3. The van der Waals surface area contributed by atoms with E-state index in [9.17, 15) is 18.0 Å². The quantitative estimate of drug-likeness (QED) is 0.673. The molecule has 0 saturated heterocycles.